The molecule has 0 aromatic heterocycles. The van der Waals surface area contributed by atoms with Gasteiger partial charge in [0, 0.05) is 12.1 Å². The summed E-state index contributed by atoms with van der Waals surface area (Å²) in [6, 6.07) is 1.52. The lowest BCUT2D eigenvalue weighted by molar-refractivity contribution is 0.263. The molecule has 2 heteroatoms. The summed E-state index contributed by atoms with van der Waals surface area (Å²) in [4.78, 5) is 2.46. The molecule has 0 aromatic carbocycles. The van der Waals surface area contributed by atoms with Gasteiger partial charge in [-0.25, -0.2) is 0 Å². The lowest BCUT2D eigenvalue weighted by Gasteiger charge is -2.20. The van der Waals surface area contributed by atoms with Gasteiger partial charge in [0.1, 0.15) is 0 Å². The van der Waals surface area contributed by atoms with E-state index in [1.54, 1.807) is 0 Å². The molecule has 0 aromatic rings. The molecule has 2 nitrogen and oxygen atoms in total. The van der Waals surface area contributed by atoms with Crippen LogP contribution in [0.4, 0.5) is 0 Å². The Morgan fingerprint density at radius 1 is 1.27 bits per heavy atom. The van der Waals surface area contributed by atoms with Crippen molar-refractivity contribution in [3.05, 3.63) is 0 Å². The Bertz CT molecular complexity index is 102. The largest absolute Gasteiger partial charge is 0.317 e. The molecule has 0 saturated carbocycles. The highest BCUT2D eigenvalue weighted by Gasteiger charge is 2.17. The first-order valence-electron chi connectivity index (χ1n) is 4.61. The van der Waals surface area contributed by atoms with Crippen molar-refractivity contribution >= 4 is 0 Å². The first-order valence-corrected chi connectivity index (χ1v) is 4.61. The monoisotopic (exact) mass is 156 g/mol. The number of rotatable bonds is 1. The van der Waals surface area contributed by atoms with Gasteiger partial charge in [-0.15, -0.1) is 0 Å². The average molecular weight is 156 g/mol. The standard InChI is InChI=1S/C9H20N2/c1-8-4-5-9(10-2)6-7-11(8)3/h8-10H,4-7H2,1-3H3. The molecule has 2 atom stereocenters. The third-order valence-electron chi connectivity index (χ3n) is 2.92. The van der Waals surface area contributed by atoms with Gasteiger partial charge in [-0.3, -0.25) is 0 Å². The fraction of sp³-hybridized carbons (Fsp3) is 1.00. The third-order valence-corrected chi connectivity index (χ3v) is 2.92. The van der Waals surface area contributed by atoms with Crippen molar-refractivity contribution in [1.82, 2.24) is 10.2 Å². The van der Waals surface area contributed by atoms with Gasteiger partial charge in [0.15, 0.2) is 0 Å². The van der Waals surface area contributed by atoms with Crippen molar-refractivity contribution in [3.63, 3.8) is 0 Å². The molecule has 0 amide bonds. The summed E-state index contributed by atoms with van der Waals surface area (Å²) in [5, 5.41) is 3.36. The summed E-state index contributed by atoms with van der Waals surface area (Å²) < 4.78 is 0. The van der Waals surface area contributed by atoms with Gasteiger partial charge in [0.25, 0.3) is 0 Å². The summed E-state index contributed by atoms with van der Waals surface area (Å²) in [7, 11) is 4.30. The Balaban J connectivity index is 2.38. The van der Waals surface area contributed by atoms with Crippen LogP contribution in [0.2, 0.25) is 0 Å². The minimum absolute atomic E-state index is 0.752. The van der Waals surface area contributed by atoms with Crippen molar-refractivity contribution in [2.45, 2.75) is 38.3 Å². The Morgan fingerprint density at radius 2 is 2.00 bits per heavy atom. The molecule has 0 radical (unpaired) electrons. The number of nitrogens with zero attached hydrogens (tertiary/aromatic N) is 1. The van der Waals surface area contributed by atoms with Gasteiger partial charge in [0.2, 0.25) is 0 Å². The van der Waals surface area contributed by atoms with Crippen LogP contribution in [-0.4, -0.2) is 37.6 Å². The average Bonchev–Trinajstić information content (AvgIpc) is 2.16. The number of hydrogen-bond donors (Lipinski definition) is 1. The zero-order valence-electron chi connectivity index (χ0n) is 7.93. The van der Waals surface area contributed by atoms with Crippen LogP contribution >= 0.6 is 0 Å². The maximum Gasteiger partial charge on any atom is 0.00768 e. The van der Waals surface area contributed by atoms with E-state index >= 15 is 0 Å². The third kappa shape index (κ3) is 2.46. The van der Waals surface area contributed by atoms with Gasteiger partial charge in [0.05, 0.1) is 0 Å². The molecule has 0 spiro atoms. The van der Waals surface area contributed by atoms with Gasteiger partial charge >= 0.3 is 0 Å². The summed E-state index contributed by atoms with van der Waals surface area (Å²) in [5.41, 5.74) is 0. The van der Waals surface area contributed by atoms with Gasteiger partial charge in [-0.05, 0) is 46.8 Å². The van der Waals surface area contributed by atoms with E-state index in [0.717, 1.165) is 12.1 Å². The van der Waals surface area contributed by atoms with E-state index in [-0.39, 0.29) is 0 Å². The Kier molecular flexibility index (Phi) is 3.34. The van der Waals surface area contributed by atoms with E-state index < -0.39 is 0 Å². The smallest absolute Gasteiger partial charge is 0.00768 e. The van der Waals surface area contributed by atoms with E-state index in [0.29, 0.717) is 0 Å². The summed E-state index contributed by atoms with van der Waals surface area (Å²) in [5.74, 6) is 0. The number of hydrogen-bond acceptors (Lipinski definition) is 2. The summed E-state index contributed by atoms with van der Waals surface area (Å²) in [6.45, 7) is 3.56. The SMILES string of the molecule is CNC1CCC(C)N(C)CC1. The molecule has 1 N–H and O–H groups in total. The van der Waals surface area contributed by atoms with E-state index in [9.17, 15) is 0 Å². The van der Waals surface area contributed by atoms with Crippen LogP contribution < -0.4 is 5.32 Å². The molecular formula is C9H20N2. The number of nitrogens with one attached hydrogen (secondary N) is 1. The van der Waals surface area contributed by atoms with Crippen LogP contribution in [0.3, 0.4) is 0 Å². The van der Waals surface area contributed by atoms with Gasteiger partial charge < -0.3 is 10.2 Å². The highest BCUT2D eigenvalue weighted by atomic mass is 15.1. The Morgan fingerprint density at radius 3 is 2.64 bits per heavy atom. The molecule has 1 aliphatic heterocycles. The van der Waals surface area contributed by atoms with Gasteiger partial charge in [-0.1, -0.05) is 0 Å². The molecule has 1 aliphatic rings. The second kappa shape index (κ2) is 4.07. The molecule has 0 aliphatic carbocycles. The topological polar surface area (TPSA) is 15.3 Å². The van der Waals surface area contributed by atoms with Crippen molar-refractivity contribution in [2.24, 2.45) is 0 Å². The van der Waals surface area contributed by atoms with E-state index in [4.69, 9.17) is 0 Å². The first-order chi connectivity index (χ1) is 5.24. The molecular weight excluding hydrogens is 136 g/mol. The maximum atomic E-state index is 3.36. The minimum Gasteiger partial charge on any atom is -0.317 e. The van der Waals surface area contributed by atoms with Crippen LogP contribution in [-0.2, 0) is 0 Å². The van der Waals surface area contributed by atoms with E-state index in [2.05, 4.69) is 31.2 Å². The highest BCUT2D eigenvalue weighted by Crippen LogP contribution is 2.14. The van der Waals surface area contributed by atoms with Crippen LogP contribution in [0.15, 0.2) is 0 Å². The van der Waals surface area contributed by atoms with Crippen molar-refractivity contribution < 1.29 is 0 Å². The molecule has 1 rings (SSSR count). The first kappa shape index (κ1) is 9.01. The molecule has 1 heterocycles. The zero-order chi connectivity index (χ0) is 8.27. The molecule has 0 bridgehead atoms. The van der Waals surface area contributed by atoms with Crippen LogP contribution in [0, 0.1) is 0 Å². The van der Waals surface area contributed by atoms with E-state index in [1.165, 1.54) is 25.8 Å². The Labute approximate surface area is 70.0 Å². The van der Waals surface area contributed by atoms with Crippen LogP contribution in [0.1, 0.15) is 26.2 Å². The van der Waals surface area contributed by atoms with Crippen molar-refractivity contribution in [3.8, 4) is 0 Å². The molecule has 11 heavy (non-hydrogen) atoms. The van der Waals surface area contributed by atoms with Crippen LogP contribution in [0.25, 0.3) is 0 Å². The molecule has 1 fully saturated rings. The molecule has 66 valence electrons. The number of likely N-dealkylation sites (tertiary alicyclic amines) is 1. The summed E-state index contributed by atoms with van der Waals surface area (Å²) >= 11 is 0. The lowest BCUT2D eigenvalue weighted by Crippen LogP contribution is -2.29. The quantitative estimate of drug-likeness (QED) is 0.611. The minimum atomic E-state index is 0.752. The molecule has 1 saturated heterocycles. The second-order valence-corrected chi connectivity index (χ2v) is 3.68. The second-order valence-electron chi connectivity index (χ2n) is 3.68. The van der Waals surface area contributed by atoms with E-state index in [1.807, 2.05) is 0 Å². The zero-order valence-corrected chi connectivity index (χ0v) is 7.93. The summed E-state index contributed by atoms with van der Waals surface area (Å²) in [6.07, 6.45) is 3.97. The van der Waals surface area contributed by atoms with Crippen LogP contribution in [0.5, 0.6) is 0 Å². The van der Waals surface area contributed by atoms with Gasteiger partial charge in [-0.2, -0.15) is 0 Å². The predicted molar refractivity (Wildman–Crippen MR) is 48.8 cm³/mol. The fourth-order valence-electron chi connectivity index (χ4n) is 1.68. The normalized spacial score (nSPS) is 35.2. The van der Waals surface area contributed by atoms with Crippen molar-refractivity contribution in [1.29, 1.82) is 0 Å². The fourth-order valence-corrected chi connectivity index (χ4v) is 1.68. The van der Waals surface area contributed by atoms with Crippen molar-refractivity contribution in [2.75, 3.05) is 20.6 Å². The highest BCUT2D eigenvalue weighted by molar-refractivity contribution is 4.76. The maximum absolute atomic E-state index is 3.36. The Hall–Kier alpha value is -0.0800. The molecule has 2 unspecified atom stereocenters. The predicted octanol–water partition coefficient (Wildman–Crippen LogP) is 1.08. The lowest BCUT2D eigenvalue weighted by atomic mass is 10.1.